The van der Waals surface area contributed by atoms with E-state index in [0.29, 0.717) is 43.3 Å². The second-order valence-corrected chi connectivity index (χ2v) is 25.8. The Morgan fingerprint density at radius 2 is 1.19 bits per heavy atom. The number of aliphatic hydroxyl groups excluding tert-OH is 11. The number of fused-ring (bicyclic) bond motifs is 7. The molecule has 8 rings (SSSR count). The Balaban J connectivity index is 1.14. The van der Waals surface area contributed by atoms with Crippen molar-refractivity contribution in [3.8, 4) is 0 Å². The van der Waals surface area contributed by atoms with Gasteiger partial charge in [0.1, 0.15) is 67.1 Å². The normalized spacial score (nSPS) is 49.3. The third-order valence-corrected chi connectivity index (χ3v) is 21.4. The summed E-state index contributed by atoms with van der Waals surface area (Å²) in [7, 11) is 0. The van der Waals surface area contributed by atoms with E-state index in [1.165, 1.54) is 0 Å². The van der Waals surface area contributed by atoms with Gasteiger partial charge in [-0.2, -0.15) is 0 Å². The van der Waals surface area contributed by atoms with E-state index in [9.17, 15) is 75.7 Å². The van der Waals surface area contributed by atoms with Crippen molar-refractivity contribution in [2.24, 2.45) is 50.2 Å². The molecule has 3 heterocycles. The van der Waals surface area contributed by atoms with Gasteiger partial charge in [0.2, 0.25) is 0 Å². The van der Waals surface area contributed by atoms with Crippen LogP contribution in [0.4, 0.5) is 0 Å². The molecule has 0 amide bonds. The molecule has 8 aliphatic rings. The highest BCUT2D eigenvalue weighted by Crippen LogP contribution is 2.76. The average molecular weight is 1140 g/mol. The maximum atomic E-state index is 13.8. The van der Waals surface area contributed by atoms with Crippen molar-refractivity contribution >= 4 is 17.9 Å². The lowest BCUT2D eigenvalue weighted by Crippen LogP contribution is -2.72. The maximum absolute atomic E-state index is 13.8. The number of hydrogen-bond acceptors (Lipinski definition) is 22. The molecule has 4 saturated carbocycles. The van der Waals surface area contributed by atoms with Crippen LogP contribution in [-0.4, -0.2) is 216 Å². The Hall–Kier alpha value is -3.05. The standard InChI is InChI=1S/C57H88O23/c1-11-25(3)47(71)79-44-45(80-48(72)26(4)12-2)57(24-61)28(19-52(44,5)6)27-13-14-32-53(7)17-16-34(54(8,23-60)31(53)15-18-55(32,9)56(27,10)20-33(57)62)75-51-43(78-50-39(67)37(65)35(63)29(21-58)73-50)41(40(68)42(77-51)46(69)70)76-49-38(66)36(64)30(22-59)74-49/h11-13,28-45,49-51,58-68H,14-24H2,1-10H3,(H,69,70)/b25-11+,26-12-/t28-,29+,30-,31+,32+,33+,34-,35+,36-,37-,38+,39+,40-,41-,42-,43+,44-,45-,49-,50-,51+,53-,54+,55+,56+,57-/m0/s1. The van der Waals surface area contributed by atoms with Gasteiger partial charge in [-0.3, -0.25) is 0 Å². The molecule has 23 heteroatoms. The van der Waals surface area contributed by atoms with E-state index in [-0.39, 0.29) is 24.7 Å². The van der Waals surface area contributed by atoms with Crippen LogP contribution >= 0.6 is 0 Å². The minimum Gasteiger partial charge on any atom is -0.479 e. The summed E-state index contributed by atoms with van der Waals surface area (Å²) in [4.78, 5) is 40.3. The van der Waals surface area contributed by atoms with Crippen LogP contribution in [0.15, 0.2) is 34.9 Å². The summed E-state index contributed by atoms with van der Waals surface area (Å²) in [6, 6.07) is 0. The summed E-state index contributed by atoms with van der Waals surface area (Å²) < 4.78 is 49.0. The molecule has 454 valence electrons. The number of carbonyl (C=O) groups is 3. The van der Waals surface area contributed by atoms with Crippen LogP contribution in [0.3, 0.4) is 0 Å². The molecule has 0 aromatic carbocycles. The van der Waals surface area contributed by atoms with E-state index in [2.05, 4.69) is 26.8 Å². The number of carboxylic acid groups (broad SMARTS) is 1. The van der Waals surface area contributed by atoms with Crippen molar-refractivity contribution in [2.45, 2.75) is 225 Å². The van der Waals surface area contributed by atoms with E-state index in [1.54, 1.807) is 39.8 Å². The van der Waals surface area contributed by atoms with Crippen LogP contribution in [0.1, 0.15) is 114 Å². The summed E-state index contributed by atoms with van der Waals surface area (Å²) in [5.74, 6) is -3.87. The van der Waals surface area contributed by atoms with E-state index in [1.807, 2.05) is 20.8 Å². The highest BCUT2D eigenvalue weighted by Gasteiger charge is 2.74. The molecular formula is C57H88O23. The fourth-order valence-electron chi connectivity index (χ4n) is 16.2. The highest BCUT2D eigenvalue weighted by molar-refractivity contribution is 5.89. The van der Waals surface area contributed by atoms with E-state index in [4.69, 9.17) is 37.9 Å². The number of carbonyl (C=O) groups excluding carboxylic acids is 2. The predicted octanol–water partition coefficient (Wildman–Crippen LogP) is 0.264. The van der Waals surface area contributed by atoms with Gasteiger partial charge in [0.15, 0.2) is 31.1 Å². The van der Waals surface area contributed by atoms with Crippen molar-refractivity contribution in [3.05, 3.63) is 34.9 Å². The number of esters is 2. The summed E-state index contributed by atoms with van der Waals surface area (Å²) >= 11 is 0. The summed E-state index contributed by atoms with van der Waals surface area (Å²) in [6.45, 7) is 16.4. The number of allylic oxidation sites excluding steroid dienone is 4. The Labute approximate surface area is 466 Å². The summed E-state index contributed by atoms with van der Waals surface area (Å²) in [6.07, 6.45) is -21.9. The molecule has 7 fully saturated rings. The number of aliphatic carboxylic acids is 1. The molecule has 12 N–H and O–H groups in total. The molecule has 0 spiro atoms. The first-order chi connectivity index (χ1) is 37.5. The second-order valence-electron chi connectivity index (χ2n) is 25.8. The Morgan fingerprint density at radius 3 is 1.73 bits per heavy atom. The first kappa shape index (κ1) is 63.0. The number of ether oxygens (including phenoxy) is 8. The Morgan fingerprint density at radius 1 is 0.637 bits per heavy atom. The molecule has 0 bridgehead atoms. The molecule has 26 atom stereocenters. The molecule has 0 aromatic rings. The van der Waals surface area contributed by atoms with E-state index in [0.717, 1.165) is 5.57 Å². The van der Waals surface area contributed by atoms with Gasteiger partial charge in [0.25, 0.3) is 0 Å². The molecule has 80 heavy (non-hydrogen) atoms. The highest BCUT2D eigenvalue weighted by atomic mass is 16.8. The van der Waals surface area contributed by atoms with Gasteiger partial charge >= 0.3 is 17.9 Å². The van der Waals surface area contributed by atoms with Crippen molar-refractivity contribution < 1.29 is 114 Å². The zero-order chi connectivity index (χ0) is 59.1. The van der Waals surface area contributed by atoms with Crippen LogP contribution in [0.5, 0.6) is 0 Å². The summed E-state index contributed by atoms with van der Waals surface area (Å²) in [5.41, 5.74) is -3.55. The topological polar surface area (TPSA) is 368 Å². The SMILES string of the molecule is C/C=C(/C)C(=O)O[C@H]1[C@H](OC(=O)/C(C)=C/C)C(C)(C)C[C@H]2C3=CC[C@@H]4[C@@]5(C)CC[C@H](O[C@@H]6O[C@H](C(=O)O)[C@@H](O)[C@H](O[C@@H]7O[C@@H](CO)[C@H](O)[C@H]7O)[C@H]6O[C@@H]6O[C@H](CO)[C@@H](O)[C@H](O)[C@H]6O)[C@](C)(CO)[C@@H]5CC[C@@]4(C)[C@]3(C)C[C@@H](O)[C@]21CO. The fourth-order valence-corrected chi connectivity index (χ4v) is 16.2. The maximum Gasteiger partial charge on any atom is 0.335 e. The van der Waals surface area contributed by atoms with Gasteiger partial charge in [-0.25, -0.2) is 14.4 Å². The fraction of sp³-hybridized carbons (Fsp3) is 0.842. The molecule has 3 aliphatic heterocycles. The van der Waals surface area contributed by atoms with Gasteiger partial charge in [0.05, 0.1) is 44.1 Å². The molecule has 0 radical (unpaired) electrons. The van der Waals surface area contributed by atoms with Crippen molar-refractivity contribution in [3.63, 3.8) is 0 Å². The van der Waals surface area contributed by atoms with E-state index < -0.39 is 193 Å². The number of rotatable bonds is 15. The molecule has 0 aromatic heterocycles. The smallest absolute Gasteiger partial charge is 0.335 e. The van der Waals surface area contributed by atoms with Crippen molar-refractivity contribution in [1.29, 1.82) is 0 Å². The zero-order valence-corrected chi connectivity index (χ0v) is 47.5. The summed E-state index contributed by atoms with van der Waals surface area (Å²) in [5, 5.41) is 133. The van der Waals surface area contributed by atoms with Crippen LogP contribution in [0, 0.1) is 50.2 Å². The number of aliphatic hydroxyl groups is 11. The van der Waals surface area contributed by atoms with Gasteiger partial charge in [-0.15, -0.1) is 0 Å². The Kier molecular flexibility index (Phi) is 18.2. The zero-order valence-electron chi connectivity index (χ0n) is 47.5. The monoisotopic (exact) mass is 1140 g/mol. The largest absolute Gasteiger partial charge is 0.479 e. The molecule has 0 unspecified atom stereocenters. The minimum atomic E-state index is -2.15. The minimum absolute atomic E-state index is 0.0864. The predicted molar refractivity (Wildman–Crippen MR) is 277 cm³/mol. The Bertz CT molecular complexity index is 2380. The first-order valence-electron chi connectivity index (χ1n) is 28.2. The van der Waals surface area contributed by atoms with Gasteiger partial charge in [0, 0.05) is 22.0 Å². The van der Waals surface area contributed by atoms with Crippen LogP contribution in [-0.2, 0) is 52.3 Å². The van der Waals surface area contributed by atoms with Crippen LogP contribution in [0.25, 0.3) is 0 Å². The van der Waals surface area contributed by atoms with Crippen LogP contribution in [0.2, 0.25) is 0 Å². The third kappa shape index (κ3) is 9.95. The van der Waals surface area contributed by atoms with Gasteiger partial charge in [-0.05, 0) is 107 Å². The second kappa shape index (κ2) is 23.1. The van der Waals surface area contributed by atoms with E-state index >= 15 is 0 Å². The van der Waals surface area contributed by atoms with Crippen molar-refractivity contribution in [2.75, 3.05) is 26.4 Å². The lowest BCUT2D eigenvalue weighted by Gasteiger charge is -2.72. The lowest BCUT2D eigenvalue weighted by atomic mass is 9.33. The van der Waals surface area contributed by atoms with Gasteiger partial charge in [-0.1, -0.05) is 65.3 Å². The molecular weight excluding hydrogens is 1050 g/mol. The van der Waals surface area contributed by atoms with Crippen molar-refractivity contribution in [1.82, 2.24) is 0 Å². The van der Waals surface area contributed by atoms with Gasteiger partial charge < -0.3 is 99.2 Å². The first-order valence-corrected chi connectivity index (χ1v) is 28.2. The number of hydrogen-bond donors (Lipinski definition) is 12. The molecule has 5 aliphatic carbocycles. The average Bonchev–Trinajstić information content (AvgIpc) is 2.26. The third-order valence-electron chi connectivity index (χ3n) is 21.4. The molecule has 3 saturated heterocycles. The van der Waals surface area contributed by atoms with Crippen LogP contribution < -0.4 is 0 Å². The molecule has 23 nitrogen and oxygen atoms in total. The lowest BCUT2D eigenvalue weighted by molar-refractivity contribution is -0.387. The number of carboxylic acids is 1. The quantitative estimate of drug-likeness (QED) is 0.0453.